The number of anilines is 3. The SMILES string of the molecule is C[C@@H]1CCCN(c2cc(N3CCOCC3)nc(NC(=S)NCc3ccc4c(c3)OCCO4)n2)C1. The van der Waals surface area contributed by atoms with Crippen LogP contribution in [-0.4, -0.2) is 67.7 Å². The first-order valence-electron chi connectivity index (χ1n) is 12.0. The van der Waals surface area contributed by atoms with E-state index in [1.54, 1.807) is 0 Å². The van der Waals surface area contributed by atoms with Gasteiger partial charge in [0.1, 0.15) is 24.8 Å². The molecule has 34 heavy (non-hydrogen) atoms. The standard InChI is InChI=1S/C24H32N6O3S/c1-17-3-2-6-30(16-17)22-14-21(29-7-9-31-10-8-29)26-23(27-22)28-24(34)25-15-18-4-5-19-20(13-18)33-12-11-32-19/h4-5,13-14,17H,2-3,6-12,15-16H2,1H3,(H2,25,26,27,28,34)/t17-/m1/s1. The van der Waals surface area contributed by atoms with Gasteiger partial charge < -0.3 is 34.6 Å². The molecule has 3 aliphatic heterocycles. The first kappa shape index (κ1) is 22.9. The Kier molecular flexibility index (Phi) is 7.15. The predicted molar refractivity (Wildman–Crippen MR) is 136 cm³/mol. The normalized spacial score (nSPS) is 20.1. The van der Waals surface area contributed by atoms with Crippen LogP contribution in [0, 0.1) is 5.92 Å². The summed E-state index contributed by atoms with van der Waals surface area (Å²) < 4.78 is 16.8. The third-order valence-electron chi connectivity index (χ3n) is 6.30. The lowest BCUT2D eigenvalue weighted by molar-refractivity contribution is 0.122. The number of benzene rings is 1. The Morgan fingerprint density at radius 3 is 2.56 bits per heavy atom. The van der Waals surface area contributed by atoms with Gasteiger partial charge in [-0.1, -0.05) is 13.0 Å². The number of piperidine rings is 1. The Bertz CT molecular complexity index is 1020. The molecule has 2 fully saturated rings. The molecule has 10 heteroatoms. The summed E-state index contributed by atoms with van der Waals surface area (Å²) in [5.41, 5.74) is 1.05. The van der Waals surface area contributed by atoms with E-state index in [1.165, 1.54) is 12.8 Å². The third-order valence-corrected chi connectivity index (χ3v) is 6.55. The molecule has 4 heterocycles. The number of nitrogens with zero attached hydrogens (tertiary/aromatic N) is 4. The topological polar surface area (TPSA) is 84.0 Å². The minimum Gasteiger partial charge on any atom is -0.486 e. The zero-order valence-electron chi connectivity index (χ0n) is 19.6. The molecule has 5 rings (SSSR count). The first-order valence-corrected chi connectivity index (χ1v) is 12.4. The maximum Gasteiger partial charge on any atom is 0.232 e. The van der Waals surface area contributed by atoms with Crippen LogP contribution in [0.3, 0.4) is 0 Å². The van der Waals surface area contributed by atoms with Crippen LogP contribution in [0.2, 0.25) is 0 Å². The molecule has 0 radical (unpaired) electrons. The molecule has 0 saturated carbocycles. The minimum atomic E-state index is 0.479. The Morgan fingerprint density at radius 2 is 1.76 bits per heavy atom. The lowest BCUT2D eigenvalue weighted by Crippen LogP contribution is -2.38. The summed E-state index contributed by atoms with van der Waals surface area (Å²) in [6.45, 7) is 9.07. The lowest BCUT2D eigenvalue weighted by atomic mass is 10.0. The van der Waals surface area contributed by atoms with Crippen molar-refractivity contribution in [3.8, 4) is 11.5 Å². The monoisotopic (exact) mass is 484 g/mol. The number of thiocarbonyl (C=S) groups is 1. The van der Waals surface area contributed by atoms with Crippen LogP contribution in [0.25, 0.3) is 0 Å². The van der Waals surface area contributed by atoms with E-state index >= 15 is 0 Å². The fraction of sp³-hybridized carbons (Fsp3) is 0.542. The van der Waals surface area contributed by atoms with Gasteiger partial charge in [0, 0.05) is 38.8 Å². The van der Waals surface area contributed by atoms with Crippen molar-refractivity contribution in [2.75, 3.05) is 67.7 Å². The molecular formula is C24H32N6O3S. The summed E-state index contributed by atoms with van der Waals surface area (Å²) >= 11 is 5.57. The summed E-state index contributed by atoms with van der Waals surface area (Å²) in [5.74, 6) is 4.57. The van der Waals surface area contributed by atoms with E-state index in [2.05, 4.69) is 33.4 Å². The van der Waals surface area contributed by atoms with Gasteiger partial charge in [-0.2, -0.15) is 9.97 Å². The van der Waals surface area contributed by atoms with Crippen LogP contribution in [0.5, 0.6) is 11.5 Å². The van der Waals surface area contributed by atoms with Gasteiger partial charge in [0.05, 0.1) is 13.2 Å². The fourth-order valence-corrected chi connectivity index (χ4v) is 4.68. The van der Waals surface area contributed by atoms with E-state index < -0.39 is 0 Å². The van der Waals surface area contributed by atoms with Crippen molar-refractivity contribution in [2.45, 2.75) is 26.3 Å². The average molecular weight is 485 g/mol. The molecule has 2 aromatic rings. The molecule has 0 bridgehead atoms. The molecule has 3 aliphatic rings. The van der Waals surface area contributed by atoms with Gasteiger partial charge in [0.15, 0.2) is 16.6 Å². The smallest absolute Gasteiger partial charge is 0.232 e. The second-order valence-corrected chi connectivity index (χ2v) is 9.39. The van der Waals surface area contributed by atoms with Crippen molar-refractivity contribution >= 4 is 34.9 Å². The van der Waals surface area contributed by atoms with Crippen molar-refractivity contribution < 1.29 is 14.2 Å². The molecule has 0 unspecified atom stereocenters. The summed E-state index contributed by atoms with van der Waals surface area (Å²) in [5, 5.41) is 6.94. The quantitative estimate of drug-likeness (QED) is 0.618. The van der Waals surface area contributed by atoms with E-state index in [9.17, 15) is 0 Å². The largest absolute Gasteiger partial charge is 0.486 e. The van der Waals surface area contributed by atoms with E-state index in [0.717, 1.165) is 54.9 Å². The highest BCUT2D eigenvalue weighted by atomic mass is 32.1. The molecule has 1 aromatic heterocycles. The highest BCUT2D eigenvalue weighted by Crippen LogP contribution is 2.31. The third kappa shape index (κ3) is 5.61. The second kappa shape index (κ2) is 10.6. The summed E-state index contributed by atoms with van der Waals surface area (Å²) in [6, 6.07) is 8.02. The lowest BCUT2D eigenvalue weighted by Gasteiger charge is -2.33. The number of aromatic nitrogens is 2. The molecule has 0 aliphatic carbocycles. The summed E-state index contributed by atoms with van der Waals surface area (Å²) in [7, 11) is 0. The van der Waals surface area contributed by atoms with Crippen molar-refractivity contribution in [1.29, 1.82) is 0 Å². The number of rotatable bonds is 5. The predicted octanol–water partition coefficient (Wildman–Crippen LogP) is 2.81. The van der Waals surface area contributed by atoms with Gasteiger partial charge in [0.2, 0.25) is 5.95 Å². The number of morpholine rings is 1. The number of fused-ring (bicyclic) bond motifs is 1. The fourth-order valence-electron chi connectivity index (χ4n) is 4.52. The molecule has 182 valence electrons. The number of ether oxygens (including phenoxy) is 3. The van der Waals surface area contributed by atoms with Gasteiger partial charge in [0.25, 0.3) is 0 Å². The number of hydrogen-bond acceptors (Lipinski definition) is 8. The van der Waals surface area contributed by atoms with Crippen molar-refractivity contribution in [3.05, 3.63) is 29.8 Å². The van der Waals surface area contributed by atoms with E-state index in [1.807, 2.05) is 18.2 Å². The maximum absolute atomic E-state index is 5.68. The van der Waals surface area contributed by atoms with Gasteiger partial charge in [-0.25, -0.2) is 0 Å². The molecule has 2 saturated heterocycles. The Morgan fingerprint density at radius 1 is 1.00 bits per heavy atom. The van der Waals surface area contributed by atoms with E-state index in [-0.39, 0.29) is 0 Å². The molecule has 9 nitrogen and oxygen atoms in total. The second-order valence-electron chi connectivity index (χ2n) is 8.99. The van der Waals surface area contributed by atoms with Crippen molar-refractivity contribution in [3.63, 3.8) is 0 Å². The van der Waals surface area contributed by atoms with Crippen LogP contribution in [0.15, 0.2) is 24.3 Å². The molecule has 2 N–H and O–H groups in total. The number of nitrogens with one attached hydrogen (secondary N) is 2. The zero-order valence-corrected chi connectivity index (χ0v) is 20.4. The summed E-state index contributed by atoms with van der Waals surface area (Å²) in [4.78, 5) is 14.2. The first-order chi connectivity index (χ1) is 16.6. The zero-order chi connectivity index (χ0) is 23.3. The van der Waals surface area contributed by atoms with Crippen molar-refractivity contribution in [1.82, 2.24) is 15.3 Å². The van der Waals surface area contributed by atoms with Gasteiger partial charge in [-0.3, -0.25) is 0 Å². The highest BCUT2D eigenvalue weighted by molar-refractivity contribution is 7.80. The molecule has 1 atom stereocenters. The maximum atomic E-state index is 5.68. The van der Waals surface area contributed by atoms with Gasteiger partial charge in [-0.15, -0.1) is 0 Å². The van der Waals surface area contributed by atoms with Crippen LogP contribution in [0.1, 0.15) is 25.3 Å². The van der Waals surface area contributed by atoms with Crippen LogP contribution in [-0.2, 0) is 11.3 Å². The highest BCUT2D eigenvalue weighted by Gasteiger charge is 2.22. The van der Waals surface area contributed by atoms with Crippen molar-refractivity contribution in [2.24, 2.45) is 5.92 Å². The Hall–Kier alpha value is -2.85. The van der Waals surface area contributed by atoms with Gasteiger partial charge in [-0.05, 0) is 48.7 Å². The van der Waals surface area contributed by atoms with Gasteiger partial charge >= 0.3 is 0 Å². The molecule has 1 aromatic carbocycles. The van der Waals surface area contributed by atoms with E-state index in [0.29, 0.717) is 50.0 Å². The molecule has 0 spiro atoms. The Labute approximate surface area is 205 Å². The van der Waals surface area contributed by atoms with E-state index in [4.69, 9.17) is 36.4 Å². The number of hydrogen-bond donors (Lipinski definition) is 2. The average Bonchev–Trinajstić information content (AvgIpc) is 2.88. The minimum absolute atomic E-state index is 0.479. The molecular weight excluding hydrogens is 452 g/mol. The Balaban J connectivity index is 1.28. The molecule has 0 amide bonds. The van der Waals surface area contributed by atoms with Crippen LogP contribution in [0.4, 0.5) is 17.6 Å². The van der Waals surface area contributed by atoms with Crippen LogP contribution >= 0.6 is 12.2 Å². The summed E-state index contributed by atoms with van der Waals surface area (Å²) in [6.07, 6.45) is 2.44. The van der Waals surface area contributed by atoms with Crippen LogP contribution < -0.4 is 29.9 Å².